The summed E-state index contributed by atoms with van der Waals surface area (Å²) in [5, 5.41) is 14.8. The molecule has 0 amide bonds. The van der Waals surface area contributed by atoms with Crippen molar-refractivity contribution in [1.29, 1.82) is 0 Å². The molecule has 0 spiro atoms. The second-order valence-electron chi connectivity index (χ2n) is 7.14. The molecule has 6 heteroatoms. The number of rotatable bonds is 6. The van der Waals surface area contributed by atoms with Crippen molar-refractivity contribution in [3.8, 4) is 0 Å². The van der Waals surface area contributed by atoms with Crippen LogP contribution in [0.1, 0.15) is 36.2 Å². The first-order valence-electron chi connectivity index (χ1n) is 9.78. The summed E-state index contributed by atoms with van der Waals surface area (Å²) < 4.78 is 0. The lowest BCUT2D eigenvalue weighted by Crippen LogP contribution is -2.32. The maximum Gasteiger partial charge on any atom is 0.148 e. The van der Waals surface area contributed by atoms with Crippen molar-refractivity contribution < 1.29 is 0 Å². The van der Waals surface area contributed by atoms with E-state index in [0.717, 1.165) is 56.2 Å². The Morgan fingerprint density at radius 1 is 0.964 bits per heavy atom. The number of tetrazole rings is 1. The molecule has 0 saturated carbocycles. The highest BCUT2D eigenvalue weighted by Crippen LogP contribution is 2.32. The second-order valence-corrected chi connectivity index (χ2v) is 7.58. The smallest absolute Gasteiger partial charge is 0.148 e. The van der Waals surface area contributed by atoms with Crippen LogP contribution < -0.4 is 0 Å². The van der Waals surface area contributed by atoms with E-state index in [1.165, 1.54) is 22.3 Å². The molecular formula is C22H24ClN5. The molecule has 0 radical (unpaired) electrons. The van der Waals surface area contributed by atoms with Gasteiger partial charge < -0.3 is 4.90 Å². The predicted octanol–water partition coefficient (Wildman–Crippen LogP) is 4.38. The van der Waals surface area contributed by atoms with E-state index >= 15 is 0 Å². The van der Waals surface area contributed by atoms with Gasteiger partial charge in [-0.15, -0.1) is 5.10 Å². The Morgan fingerprint density at radius 3 is 2.36 bits per heavy atom. The maximum atomic E-state index is 6.12. The van der Waals surface area contributed by atoms with Crippen LogP contribution in [-0.4, -0.2) is 45.2 Å². The number of piperidine rings is 1. The fourth-order valence-electron chi connectivity index (χ4n) is 3.85. The molecule has 0 bridgehead atoms. The van der Waals surface area contributed by atoms with E-state index in [1.807, 2.05) is 12.1 Å². The zero-order valence-electron chi connectivity index (χ0n) is 15.8. The average Bonchev–Trinajstić information content (AvgIpc) is 3.25. The zero-order chi connectivity index (χ0) is 19.2. The number of likely N-dealkylation sites (tertiary alicyclic amines) is 1. The molecule has 0 aliphatic carbocycles. The van der Waals surface area contributed by atoms with Crippen LogP contribution in [-0.2, 0) is 6.42 Å². The summed E-state index contributed by atoms with van der Waals surface area (Å²) in [5.74, 6) is 0.867. The Hall–Kier alpha value is -2.50. The van der Waals surface area contributed by atoms with Crippen molar-refractivity contribution in [3.63, 3.8) is 0 Å². The highest BCUT2D eigenvalue weighted by atomic mass is 35.5. The topological polar surface area (TPSA) is 57.7 Å². The van der Waals surface area contributed by atoms with Gasteiger partial charge in [0.05, 0.1) is 0 Å². The summed E-state index contributed by atoms with van der Waals surface area (Å²) in [7, 11) is 0. The van der Waals surface area contributed by atoms with Crippen molar-refractivity contribution in [3.05, 3.63) is 82.1 Å². The number of aromatic amines is 1. The Bertz CT molecular complexity index is 894. The van der Waals surface area contributed by atoms with Crippen LogP contribution in [0.5, 0.6) is 0 Å². The number of H-pyrrole nitrogens is 1. The minimum atomic E-state index is 0.776. The van der Waals surface area contributed by atoms with E-state index in [4.69, 9.17) is 11.6 Å². The number of hydrogen-bond donors (Lipinski definition) is 1. The summed E-state index contributed by atoms with van der Waals surface area (Å²) >= 11 is 6.12. The third-order valence-corrected chi connectivity index (χ3v) is 5.54. The fourth-order valence-corrected chi connectivity index (χ4v) is 3.97. The van der Waals surface area contributed by atoms with Crippen LogP contribution in [0.3, 0.4) is 0 Å². The van der Waals surface area contributed by atoms with Gasteiger partial charge in [-0.2, -0.15) is 0 Å². The highest BCUT2D eigenvalue weighted by Gasteiger charge is 2.19. The number of aryl methyl sites for hydroxylation is 1. The van der Waals surface area contributed by atoms with Crippen molar-refractivity contribution in [2.45, 2.75) is 25.7 Å². The first-order chi connectivity index (χ1) is 13.8. The molecule has 144 valence electrons. The quantitative estimate of drug-likeness (QED) is 0.675. The Kier molecular flexibility index (Phi) is 6.14. The first-order valence-corrected chi connectivity index (χ1v) is 10.2. The largest absolute Gasteiger partial charge is 0.303 e. The average molecular weight is 394 g/mol. The van der Waals surface area contributed by atoms with Gasteiger partial charge in [0.15, 0.2) is 0 Å². The third-order valence-electron chi connectivity index (χ3n) is 5.29. The van der Waals surface area contributed by atoms with E-state index < -0.39 is 0 Å². The minimum Gasteiger partial charge on any atom is -0.303 e. The van der Waals surface area contributed by atoms with Gasteiger partial charge in [-0.3, -0.25) is 0 Å². The molecule has 2 aromatic carbocycles. The number of benzene rings is 2. The molecule has 1 saturated heterocycles. The lowest BCUT2D eigenvalue weighted by atomic mass is 9.88. The maximum absolute atomic E-state index is 6.12. The third kappa shape index (κ3) is 4.66. The molecule has 1 fully saturated rings. The lowest BCUT2D eigenvalue weighted by Gasteiger charge is -2.30. The molecule has 5 nitrogen and oxygen atoms in total. The summed E-state index contributed by atoms with van der Waals surface area (Å²) in [6, 6.07) is 18.9. The molecule has 4 rings (SSSR count). The highest BCUT2D eigenvalue weighted by molar-refractivity contribution is 6.30. The fraction of sp³-hybridized carbons (Fsp3) is 0.318. The van der Waals surface area contributed by atoms with Crippen LogP contribution in [0.2, 0.25) is 5.02 Å². The van der Waals surface area contributed by atoms with Gasteiger partial charge in [-0.05, 0) is 65.1 Å². The van der Waals surface area contributed by atoms with E-state index in [9.17, 15) is 0 Å². The monoisotopic (exact) mass is 393 g/mol. The van der Waals surface area contributed by atoms with Gasteiger partial charge in [0.2, 0.25) is 0 Å². The van der Waals surface area contributed by atoms with E-state index in [2.05, 4.69) is 68.0 Å². The summed E-state index contributed by atoms with van der Waals surface area (Å²) in [4.78, 5) is 2.54. The van der Waals surface area contributed by atoms with Crippen LogP contribution in [0.4, 0.5) is 0 Å². The summed E-state index contributed by atoms with van der Waals surface area (Å²) in [5.41, 5.74) is 5.43. The molecule has 1 aliphatic heterocycles. The van der Waals surface area contributed by atoms with Gasteiger partial charge in [-0.1, -0.05) is 59.6 Å². The van der Waals surface area contributed by atoms with Crippen LogP contribution >= 0.6 is 11.6 Å². The lowest BCUT2D eigenvalue weighted by molar-refractivity contribution is 0.253. The number of halogens is 1. The normalized spacial score (nSPS) is 15.0. The molecule has 0 atom stereocenters. The van der Waals surface area contributed by atoms with Gasteiger partial charge in [0.1, 0.15) is 5.82 Å². The Morgan fingerprint density at radius 2 is 1.68 bits per heavy atom. The molecule has 1 aromatic heterocycles. The number of nitrogens with zero attached hydrogens (tertiary/aromatic N) is 4. The predicted molar refractivity (Wildman–Crippen MR) is 112 cm³/mol. The van der Waals surface area contributed by atoms with Crippen molar-refractivity contribution in [2.24, 2.45) is 0 Å². The molecular weight excluding hydrogens is 370 g/mol. The van der Waals surface area contributed by atoms with E-state index in [1.54, 1.807) is 0 Å². The number of hydrogen-bond acceptors (Lipinski definition) is 4. The number of aromatic nitrogens is 4. The zero-order valence-corrected chi connectivity index (χ0v) is 16.6. The van der Waals surface area contributed by atoms with Crippen LogP contribution in [0, 0.1) is 0 Å². The minimum absolute atomic E-state index is 0.776. The molecule has 28 heavy (non-hydrogen) atoms. The standard InChI is InChI=1S/C22H24ClN5/c23-20-10-8-18(9-11-20)22(17-5-2-1-3-6-17)19-12-15-28(16-13-19)14-4-7-21-24-26-27-25-21/h1-3,5-6,8-11H,4,7,12-16H2,(H,24,25,26,27). The Labute approximate surface area is 170 Å². The van der Waals surface area contributed by atoms with Gasteiger partial charge in [-0.25, -0.2) is 5.10 Å². The van der Waals surface area contributed by atoms with Crippen molar-refractivity contribution in [1.82, 2.24) is 25.5 Å². The van der Waals surface area contributed by atoms with E-state index in [0.29, 0.717) is 0 Å². The van der Waals surface area contributed by atoms with Gasteiger partial charge in [0.25, 0.3) is 0 Å². The molecule has 2 heterocycles. The van der Waals surface area contributed by atoms with Gasteiger partial charge >= 0.3 is 0 Å². The second kappa shape index (κ2) is 9.13. The molecule has 3 aromatic rings. The van der Waals surface area contributed by atoms with Crippen LogP contribution in [0.25, 0.3) is 5.57 Å². The summed E-state index contributed by atoms with van der Waals surface area (Å²) in [6.07, 6.45) is 4.15. The summed E-state index contributed by atoms with van der Waals surface area (Å²) in [6.45, 7) is 3.26. The molecule has 1 aliphatic rings. The van der Waals surface area contributed by atoms with Crippen molar-refractivity contribution in [2.75, 3.05) is 19.6 Å². The number of nitrogens with one attached hydrogen (secondary N) is 1. The Balaban J connectivity index is 1.46. The first kappa shape index (κ1) is 18.8. The van der Waals surface area contributed by atoms with E-state index in [-0.39, 0.29) is 0 Å². The molecule has 1 N–H and O–H groups in total. The van der Waals surface area contributed by atoms with Crippen molar-refractivity contribution >= 4 is 17.2 Å². The van der Waals surface area contributed by atoms with Gasteiger partial charge in [0, 0.05) is 24.5 Å². The SMILES string of the molecule is Clc1ccc(C(=C2CCN(CCCc3nnn[nH]3)CC2)c2ccccc2)cc1. The molecule has 0 unspecified atom stereocenters. The van der Waals surface area contributed by atoms with Crippen LogP contribution in [0.15, 0.2) is 60.2 Å².